The number of nitro groups is 1. The summed E-state index contributed by atoms with van der Waals surface area (Å²) in [6, 6.07) is 7.69. The number of aromatic nitrogens is 2. The molecule has 0 aliphatic carbocycles. The van der Waals surface area contributed by atoms with Crippen molar-refractivity contribution in [1.29, 1.82) is 0 Å². The largest absolute Gasteiger partial charge is 0.379 e. The van der Waals surface area contributed by atoms with Crippen molar-refractivity contribution in [3.63, 3.8) is 0 Å². The standard InChI is InChI=1S/C18H24N6O3/c1-2-14-5-3-4-6-15(14)22-18-16(24(25)26)17(20-13-21-18)19-7-8-23-9-11-27-12-10-23/h3-6,13H,2,7-12H2,1H3,(H2,19,20,21,22). The molecule has 0 radical (unpaired) electrons. The van der Waals surface area contributed by atoms with Gasteiger partial charge in [-0.2, -0.15) is 0 Å². The second kappa shape index (κ2) is 9.24. The van der Waals surface area contributed by atoms with E-state index in [-0.39, 0.29) is 17.3 Å². The molecule has 1 fully saturated rings. The number of aryl methyl sites for hydroxylation is 1. The highest BCUT2D eigenvalue weighted by atomic mass is 16.6. The van der Waals surface area contributed by atoms with Crippen molar-refractivity contribution < 1.29 is 9.66 Å². The Morgan fingerprint density at radius 1 is 1.22 bits per heavy atom. The number of ether oxygens (including phenoxy) is 1. The number of rotatable bonds is 8. The normalized spacial score (nSPS) is 14.7. The van der Waals surface area contributed by atoms with Crippen LogP contribution in [0.15, 0.2) is 30.6 Å². The van der Waals surface area contributed by atoms with Gasteiger partial charge in [-0.25, -0.2) is 9.97 Å². The van der Waals surface area contributed by atoms with Crippen LogP contribution in [-0.4, -0.2) is 59.2 Å². The minimum Gasteiger partial charge on any atom is -0.379 e. The van der Waals surface area contributed by atoms with Crippen molar-refractivity contribution in [1.82, 2.24) is 14.9 Å². The third-order valence-electron chi connectivity index (χ3n) is 4.48. The van der Waals surface area contributed by atoms with Crippen LogP contribution in [0.2, 0.25) is 0 Å². The molecule has 1 aliphatic heterocycles. The molecule has 0 atom stereocenters. The van der Waals surface area contributed by atoms with Gasteiger partial charge >= 0.3 is 5.69 Å². The number of nitrogens with zero attached hydrogens (tertiary/aromatic N) is 4. The predicted molar refractivity (Wildman–Crippen MR) is 104 cm³/mol. The maximum absolute atomic E-state index is 11.7. The number of benzene rings is 1. The highest BCUT2D eigenvalue weighted by Gasteiger charge is 2.23. The molecule has 1 aromatic heterocycles. The molecule has 0 saturated carbocycles. The molecule has 27 heavy (non-hydrogen) atoms. The van der Waals surface area contributed by atoms with Crippen LogP contribution < -0.4 is 10.6 Å². The zero-order chi connectivity index (χ0) is 19.1. The maximum atomic E-state index is 11.7. The molecule has 2 N–H and O–H groups in total. The first-order valence-electron chi connectivity index (χ1n) is 9.07. The lowest BCUT2D eigenvalue weighted by molar-refractivity contribution is -0.383. The van der Waals surface area contributed by atoms with Crippen molar-refractivity contribution in [3.8, 4) is 0 Å². The van der Waals surface area contributed by atoms with Gasteiger partial charge in [0.1, 0.15) is 6.33 Å². The summed E-state index contributed by atoms with van der Waals surface area (Å²) in [4.78, 5) is 21.6. The first-order valence-corrected chi connectivity index (χ1v) is 9.07. The Kier molecular flexibility index (Phi) is 6.50. The second-order valence-electron chi connectivity index (χ2n) is 6.19. The van der Waals surface area contributed by atoms with Gasteiger partial charge in [-0.05, 0) is 18.1 Å². The van der Waals surface area contributed by atoms with Crippen LogP contribution in [0.4, 0.5) is 23.0 Å². The third-order valence-corrected chi connectivity index (χ3v) is 4.48. The number of hydrogen-bond donors (Lipinski definition) is 2. The minimum absolute atomic E-state index is 0.148. The second-order valence-corrected chi connectivity index (χ2v) is 6.19. The summed E-state index contributed by atoms with van der Waals surface area (Å²) >= 11 is 0. The van der Waals surface area contributed by atoms with Crippen LogP contribution in [0, 0.1) is 10.1 Å². The van der Waals surface area contributed by atoms with E-state index >= 15 is 0 Å². The highest BCUT2D eigenvalue weighted by Crippen LogP contribution is 2.32. The highest BCUT2D eigenvalue weighted by molar-refractivity contribution is 5.74. The van der Waals surface area contributed by atoms with Crippen LogP contribution in [-0.2, 0) is 11.2 Å². The molecule has 3 rings (SSSR count). The first kappa shape index (κ1) is 19.0. The van der Waals surface area contributed by atoms with E-state index in [1.807, 2.05) is 31.2 Å². The Labute approximate surface area is 157 Å². The van der Waals surface area contributed by atoms with Gasteiger partial charge in [0.2, 0.25) is 11.6 Å². The van der Waals surface area contributed by atoms with E-state index in [0.29, 0.717) is 6.54 Å². The Morgan fingerprint density at radius 3 is 2.70 bits per heavy atom. The summed E-state index contributed by atoms with van der Waals surface area (Å²) in [5, 5.41) is 17.8. The summed E-state index contributed by atoms with van der Waals surface area (Å²) in [5.74, 6) is 0.407. The number of nitrogens with one attached hydrogen (secondary N) is 2. The molecule has 2 heterocycles. The zero-order valence-corrected chi connectivity index (χ0v) is 15.4. The van der Waals surface area contributed by atoms with Crippen LogP contribution in [0.5, 0.6) is 0 Å². The van der Waals surface area contributed by atoms with Gasteiger partial charge in [0, 0.05) is 31.9 Å². The fraction of sp³-hybridized carbons (Fsp3) is 0.444. The van der Waals surface area contributed by atoms with E-state index in [1.165, 1.54) is 6.33 Å². The molecule has 1 aromatic carbocycles. The van der Waals surface area contributed by atoms with E-state index in [1.54, 1.807) is 0 Å². The summed E-state index contributed by atoms with van der Waals surface area (Å²) in [5.41, 5.74) is 1.72. The van der Waals surface area contributed by atoms with Gasteiger partial charge in [-0.1, -0.05) is 25.1 Å². The topological polar surface area (TPSA) is 105 Å². The quantitative estimate of drug-likeness (QED) is 0.538. The van der Waals surface area contributed by atoms with Crippen LogP contribution in [0.3, 0.4) is 0 Å². The van der Waals surface area contributed by atoms with E-state index in [2.05, 4.69) is 25.5 Å². The lowest BCUT2D eigenvalue weighted by Crippen LogP contribution is -2.39. The summed E-state index contributed by atoms with van der Waals surface area (Å²) < 4.78 is 5.33. The summed E-state index contributed by atoms with van der Waals surface area (Å²) in [6.07, 6.45) is 2.15. The number of hydrogen-bond acceptors (Lipinski definition) is 8. The molecular weight excluding hydrogens is 348 g/mol. The zero-order valence-electron chi connectivity index (χ0n) is 15.4. The van der Waals surface area contributed by atoms with Gasteiger partial charge in [0.05, 0.1) is 18.1 Å². The Bertz CT molecular complexity index is 779. The molecule has 0 bridgehead atoms. The van der Waals surface area contributed by atoms with Crippen molar-refractivity contribution in [3.05, 3.63) is 46.3 Å². The van der Waals surface area contributed by atoms with E-state index in [0.717, 1.165) is 50.5 Å². The fourth-order valence-corrected chi connectivity index (χ4v) is 3.01. The van der Waals surface area contributed by atoms with Crippen LogP contribution >= 0.6 is 0 Å². The monoisotopic (exact) mass is 372 g/mol. The van der Waals surface area contributed by atoms with Gasteiger partial charge in [-0.3, -0.25) is 15.0 Å². The third kappa shape index (κ3) is 4.89. The predicted octanol–water partition coefficient (Wildman–Crippen LogP) is 2.43. The maximum Gasteiger partial charge on any atom is 0.353 e. The van der Waals surface area contributed by atoms with Crippen molar-refractivity contribution in [2.24, 2.45) is 0 Å². The molecule has 0 amide bonds. The Balaban J connectivity index is 1.75. The smallest absolute Gasteiger partial charge is 0.353 e. The summed E-state index contributed by atoms with van der Waals surface area (Å²) in [6.45, 7) is 6.54. The lowest BCUT2D eigenvalue weighted by atomic mass is 10.1. The van der Waals surface area contributed by atoms with Crippen molar-refractivity contribution >= 4 is 23.0 Å². The van der Waals surface area contributed by atoms with Gasteiger partial charge in [0.15, 0.2) is 0 Å². The lowest BCUT2D eigenvalue weighted by Gasteiger charge is -2.26. The molecule has 2 aromatic rings. The molecule has 9 heteroatoms. The molecule has 9 nitrogen and oxygen atoms in total. The van der Waals surface area contributed by atoms with Crippen LogP contribution in [0.25, 0.3) is 0 Å². The molecule has 1 aliphatic rings. The first-order chi connectivity index (χ1) is 13.2. The molecule has 144 valence electrons. The van der Waals surface area contributed by atoms with Crippen molar-refractivity contribution in [2.75, 3.05) is 50.0 Å². The van der Waals surface area contributed by atoms with Gasteiger partial charge < -0.3 is 15.4 Å². The molecular formula is C18H24N6O3. The number of anilines is 3. The van der Waals surface area contributed by atoms with Crippen LogP contribution in [0.1, 0.15) is 12.5 Å². The van der Waals surface area contributed by atoms with Gasteiger partial charge in [0.25, 0.3) is 0 Å². The van der Waals surface area contributed by atoms with Gasteiger partial charge in [-0.15, -0.1) is 0 Å². The SMILES string of the molecule is CCc1ccccc1Nc1ncnc(NCCN2CCOCC2)c1[N+](=O)[O-]. The van der Waals surface area contributed by atoms with E-state index in [9.17, 15) is 10.1 Å². The van der Waals surface area contributed by atoms with E-state index < -0.39 is 4.92 Å². The fourth-order valence-electron chi connectivity index (χ4n) is 3.01. The molecule has 1 saturated heterocycles. The Morgan fingerprint density at radius 2 is 1.96 bits per heavy atom. The molecule has 0 unspecified atom stereocenters. The average molecular weight is 372 g/mol. The average Bonchev–Trinajstić information content (AvgIpc) is 2.69. The minimum atomic E-state index is -0.450. The Hall–Kier alpha value is -2.78. The summed E-state index contributed by atoms with van der Waals surface area (Å²) in [7, 11) is 0. The number of morpholine rings is 1. The molecule has 0 spiro atoms. The number of para-hydroxylation sites is 1. The van der Waals surface area contributed by atoms with Crippen molar-refractivity contribution in [2.45, 2.75) is 13.3 Å². The van der Waals surface area contributed by atoms with E-state index in [4.69, 9.17) is 4.74 Å².